The van der Waals surface area contributed by atoms with Crippen LogP contribution in [-0.4, -0.2) is 23.3 Å². The first-order chi connectivity index (χ1) is 11.5. The number of nitrogens with two attached hydrogens (primary N) is 1. The summed E-state index contributed by atoms with van der Waals surface area (Å²) in [5.41, 5.74) is 7.87. The average Bonchev–Trinajstić information content (AvgIpc) is 3.07. The minimum Gasteiger partial charge on any atom is -0.485 e. The summed E-state index contributed by atoms with van der Waals surface area (Å²) in [5.74, 6) is 1.34. The third-order valence-electron chi connectivity index (χ3n) is 3.34. The maximum Gasteiger partial charge on any atom is 0.166 e. The zero-order chi connectivity index (χ0) is 17.5. The normalized spacial score (nSPS) is 12.1. The number of aromatic nitrogens is 2. The maximum absolute atomic E-state index is 5.93. The van der Waals surface area contributed by atoms with Crippen molar-refractivity contribution in [2.24, 2.45) is 4.99 Å². The van der Waals surface area contributed by atoms with Crippen molar-refractivity contribution in [1.82, 2.24) is 9.97 Å². The van der Waals surface area contributed by atoms with Crippen LogP contribution in [0.3, 0.4) is 0 Å². The van der Waals surface area contributed by atoms with Crippen LogP contribution in [0.15, 0.2) is 47.4 Å². The number of ether oxygens (including phenoxy) is 1. The van der Waals surface area contributed by atoms with Crippen molar-refractivity contribution in [2.45, 2.75) is 26.7 Å². The number of allylic oxidation sites excluding steroid dienone is 1. The second kappa shape index (κ2) is 8.40. The molecule has 0 aromatic carbocycles. The molecule has 126 valence electrons. The minimum absolute atomic E-state index is 0.369. The molecule has 0 fully saturated rings. The minimum atomic E-state index is 0.369. The van der Waals surface area contributed by atoms with Crippen LogP contribution in [0, 0.1) is 0 Å². The molecule has 0 unspecified atom stereocenters. The Morgan fingerprint density at radius 2 is 2.21 bits per heavy atom. The summed E-state index contributed by atoms with van der Waals surface area (Å²) in [7, 11) is 0. The molecule has 0 aliphatic carbocycles. The number of thiazole rings is 1. The molecule has 5 nitrogen and oxygen atoms in total. The van der Waals surface area contributed by atoms with E-state index in [1.165, 1.54) is 0 Å². The van der Waals surface area contributed by atoms with Gasteiger partial charge in [0.1, 0.15) is 6.61 Å². The first kappa shape index (κ1) is 17.9. The zero-order valence-corrected chi connectivity index (χ0v) is 15.0. The van der Waals surface area contributed by atoms with Crippen LogP contribution >= 0.6 is 11.3 Å². The Kier molecular flexibility index (Phi) is 6.26. The SMILES string of the molecule is C=N/C=C\C(=C/C)COc1cc(-c2cnc(C(C)C)s2)cnc1N. The van der Waals surface area contributed by atoms with Crippen molar-refractivity contribution in [2.75, 3.05) is 12.3 Å². The molecule has 0 aliphatic heterocycles. The van der Waals surface area contributed by atoms with Crippen LogP contribution in [0.25, 0.3) is 10.4 Å². The number of hydrogen-bond acceptors (Lipinski definition) is 6. The van der Waals surface area contributed by atoms with E-state index in [-0.39, 0.29) is 0 Å². The van der Waals surface area contributed by atoms with Crippen molar-refractivity contribution in [3.05, 3.63) is 47.4 Å². The molecule has 0 amide bonds. The summed E-state index contributed by atoms with van der Waals surface area (Å²) in [6.07, 6.45) is 9.04. The molecule has 0 radical (unpaired) electrons. The molecular formula is C18H22N4OS. The van der Waals surface area contributed by atoms with Gasteiger partial charge in [0.2, 0.25) is 0 Å². The fourth-order valence-corrected chi connectivity index (χ4v) is 2.83. The van der Waals surface area contributed by atoms with Gasteiger partial charge in [0, 0.05) is 30.1 Å². The number of pyridine rings is 1. The molecule has 0 spiro atoms. The molecule has 2 aromatic heterocycles. The average molecular weight is 342 g/mol. The molecule has 2 N–H and O–H groups in total. The molecule has 0 bridgehead atoms. The molecular weight excluding hydrogens is 320 g/mol. The first-order valence-electron chi connectivity index (χ1n) is 7.67. The van der Waals surface area contributed by atoms with E-state index in [1.54, 1.807) is 23.7 Å². The first-order valence-corrected chi connectivity index (χ1v) is 8.48. The van der Waals surface area contributed by atoms with E-state index in [2.05, 4.69) is 35.5 Å². The Hall–Kier alpha value is -2.47. The number of anilines is 1. The lowest BCUT2D eigenvalue weighted by molar-refractivity contribution is 0.356. The fraction of sp³-hybridized carbons (Fsp3) is 0.278. The van der Waals surface area contributed by atoms with Gasteiger partial charge < -0.3 is 10.5 Å². The van der Waals surface area contributed by atoms with Crippen LogP contribution in [0.2, 0.25) is 0 Å². The third kappa shape index (κ3) is 4.52. The monoisotopic (exact) mass is 342 g/mol. The van der Waals surface area contributed by atoms with Crippen molar-refractivity contribution >= 4 is 23.9 Å². The summed E-state index contributed by atoms with van der Waals surface area (Å²) in [4.78, 5) is 13.4. The van der Waals surface area contributed by atoms with Crippen LogP contribution in [0.5, 0.6) is 5.75 Å². The highest BCUT2D eigenvalue weighted by Gasteiger charge is 2.11. The van der Waals surface area contributed by atoms with Gasteiger partial charge in [0.05, 0.1) is 9.88 Å². The Labute approximate surface area is 146 Å². The van der Waals surface area contributed by atoms with Gasteiger partial charge in [-0.05, 0) is 31.4 Å². The number of aliphatic imine (C=N–C) groups is 1. The van der Waals surface area contributed by atoms with Gasteiger partial charge in [-0.1, -0.05) is 19.9 Å². The molecule has 2 aromatic rings. The van der Waals surface area contributed by atoms with E-state index in [4.69, 9.17) is 10.5 Å². The second-order valence-electron chi connectivity index (χ2n) is 5.48. The predicted molar refractivity (Wildman–Crippen MR) is 102 cm³/mol. The predicted octanol–water partition coefficient (Wildman–Crippen LogP) is 4.45. The Morgan fingerprint density at radius 3 is 2.83 bits per heavy atom. The van der Waals surface area contributed by atoms with E-state index in [0.29, 0.717) is 24.1 Å². The van der Waals surface area contributed by atoms with E-state index in [9.17, 15) is 0 Å². The summed E-state index contributed by atoms with van der Waals surface area (Å²) in [5, 5.41) is 1.10. The van der Waals surface area contributed by atoms with Gasteiger partial charge in [-0.2, -0.15) is 0 Å². The van der Waals surface area contributed by atoms with Crippen molar-refractivity contribution < 1.29 is 4.74 Å². The zero-order valence-electron chi connectivity index (χ0n) is 14.2. The van der Waals surface area contributed by atoms with Gasteiger partial charge in [-0.3, -0.25) is 4.99 Å². The fourth-order valence-electron chi connectivity index (χ4n) is 1.93. The number of nitrogen functional groups attached to an aromatic ring is 1. The van der Waals surface area contributed by atoms with E-state index in [0.717, 1.165) is 21.0 Å². The highest BCUT2D eigenvalue weighted by Crippen LogP contribution is 2.32. The smallest absolute Gasteiger partial charge is 0.166 e. The van der Waals surface area contributed by atoms with Gasteiger partial charge >= 0.3 is 0 Å². The maximum atomic E-state index is 5.93. The lowest BCUT2D eigenvalue weighted by Crippen LogP contribution is -2.03. The number of rotatable bonds is 7. The van der Waals surface area contributed by atoms with E-state index in [1.807, 2.05) is 31.3 Å². The molecule has 2 heterocycles. The highest BCUT2D eigenvalue weighted by atomic mass is 32.1. The van der Waals surface area contributed by atoms with Crippen molar-refractivity contribution in [1.29, 1.82) is 0 Å². The van der Waals surface area contributed by atoms with E-state index < -0.39 is 0 Å². The highest BCUT2D eigenvalue weighted by molar-refractivity contribution is 7.15. The quantitative estimate of drug-likeness (QED) is 0.596. The Morgan fingerprint density at radius 1 is 1.42 bits per heavy atom. The molecule has 6 heteroatoms. The summed E-state index contributed by atoms with van der Waals surface area (Å²) < 4.78 is 5.82. The molecule has 0 saturated heterocycles. The molecule has 0 aliphatic rings. The number of nitrogens with zero attached hydrogens (tertiary/aromatic N) is 3. The third-order valence-corrected chi connectivity index (χ3v) is 4.69. The van der Waals surface area contributed by atoms with E-state index >= 15 is 0 Å². The molecule has 0 saturated carbocycles. The lowest BCUT2D eigenvalue weighted by atomic mass is 10.2. The largest absolute Gasteiger partial charge is 0.485 e. The molecule has 0 atom stereocenters. The van der Waals surface area contributed by atoms with Crippen LogP contribution < -0.4 is 10.5 Å². The summed E-state index contributed by atoms with van der Waals surface area (Å²) in [6.45, 7) is 10.0. The van der Waals surface area contributed by atoms with Crippen molar-refractivity contribution in [3.8, 4) is 16.2 Å². The Balaban J connectivity index is 2.19. The summed E-state index contributed by atoms with van der Waals surface area (Å²) >= 11 is 1.66. The topological polar surface area (TPSA) is 73.4 Å². The Bertz CT molecular complexity index is 762. The van der Waals surface area contributed by atoms with Gasteiger partial charge in [-0.25, -0.2) is 9.97 Å². The second-order valence-corrected chi connectivity index (χ2v) is 6.54. The summed E-state index contributed by atoms with van der Waals surface area (Å²) in [6, 6.07) is 1.91. The molecule has 24 heavy (non-hydrogen) atoms. The van der Waals surface area contributed by atoms with Crippen LogP contribution in [0.1, 0.15) is 31.7 Å². The van der Waals surface area contributed by atoms with Gasteiger partial charge in [0.15, 0.2) is 11.6 Å². The van der Waals surface area contributed by atoms with Gasteiger partial charge in [0.25, 0.3) is 0 Å². The van der Waals surface area contributed by atoms with Crippen LogP contribution in [-0.2, 0) is 0 Å². The lowest BCUT2D eigenvalue weighted by Gasteiger charge is -2.10. The van der Waals surface area contributed by atoms with Crippen molar-refractivity contribution in [3.63, 3.8) is 0 Å². The number of hydrogen-bond donors (Lipinski definition) is 1. The molecule has 2 rings (SSSR count). The van der Waals surface area contributed by atoms with Crippen LogP contribution in [0.4, 0.5) is 5.82 Å². The van der Waals surface area contributed by atoms with Gasteiger partial charge in [-0.15, -0.1) is 11.3 Å². The standard InChI is InChI=1S/C18H22N4OS/c1-5-13(6-7-20-4)11-23-15-8-14(9-21-17(15)19)16-10-22-18(24-16)12(2)3/h5-10,12H,4,11H2,1-3H3,(H2,19,21)/b7-6-,13-5+.